The topological polar surface area (TPSA) is 44.5 Å². The first-order valence-corrected chi connectivity index (χ1v) is 7.56. The van der Waals surface area contributed by atoms with Crippen LogP contribution in [0.25, 0.3) is 0 Å². The molecule has 1 aliphatic heterocycles. The molecule has 2 N–H and O–H groups in total. The molecular weight excluding hydrogens is 226 g/mol. The van der Waals surface area contributed by atoms with Gasteiger partial charge in [-0.1, -0.05) is 6.92 Å². The molecule has 0 aromatic heterocycles. The molecule has 2 unspecified atom stereocenters. The van der Waals surface area contributed by atoms with Gasteiger partial charge in [-0.2, -0.15) is 0 Å². The quantitative estimate of drug-likeness (QED) is 0.843. The first-order valence-electron chi connectivity index (χ1n) is 7.56. The largest absolute Gasteiger partial charge is 0.375 e. The molecule has 1 saturated carbocycles. The van der Waals surface area contributed by atoms with E-state index in [9.17, 15) is 0 Å². The van der Waals surface area contributed by atoms with E-state index in [1.54, 1.807) is 0 Å². The minimum atomic E-state index is -0.0477. The molecule has 2 atom stereocenters. The van der Waals surface area contributed by atoms with Gasteiger partial charge in [0.15, 0.2) is 0 Å². The Morgan fingerprint density at radius 1 is 1.11 bits per heavy atom. The summed E-state index contributed by atoms with van der Waals surface area (Å²) in [5, 5.41) is 0. The van der Waals surface area contributed by atoms with Crippen LogP contribution in [0.15, 0.2) is 0 Å². The van der Waals surface area contributed by atoms with Gasteiger partial charge >= 0.3 is 0 Å². The minimum absolute atomic E-state index is 0.0477. The number of ether oxygens (including phenoxy) is 2. The van der Waals surface area contributed by atoms with Crippen LogP contribution in [0, 0.1) is 5.92 Å². The lowest BCUT2D eigenvalue weighted by Gasteiger charge is -2.43. The zero-order chi connectivity index (χ0) is 13.2. The van der Waals surface area contributed by atoms with E-state index < -0.39 is 0 Å². The SMILES string of the molecule is CC1CCC(CN)(OC2CC(C)OC(C)C2)CC1. The van der Waals surface area contributed by atoms with E-state index in [2.05, 4.69) is 20.8 Å². The molecule has 0 radical (unpaired) electrons. The molecule has 0 aromatic rings. The van der Waals surface area contributed by atoms with Crippen LogP contribution in [-0.4, -0.2) is 30.5 Å². The fourth-order valence-corrected chi connectivity index (χ4v) is 3.45. The van der Waals surface area contributed by atoms with E-state index in [0.29, 0.717) is 24.9 Å². The Labute approximate surface area is 111 Å². The van der Waals surface area contributed by atoms with Gasteiger partial charge in [0.1, 0.15) is 0 Å². The summed E-state index contributed by atoms with van der Waals surface area (Å²) < 4.78 is 12.2. The van der Waals surface area contributed by atoms with Crippen LogP contribution in [0.2, 0.25) is 0 Å². The highest BCUT2D eigenvalue weighted by Crippen LogP contribution is 2.37. The van der Waals surface area contributed by atoms with Crippen LogP contribution >= 0.6 is 0 Å². The molecule has 3 heteroatoms. The Kier molecular flexibility index (Phi) is 4.68. The van der Waals surface area contributed by atoms with E-state index in [1.165, 1.54) is 12.8 Å². The number of hydrogen-bond acceptors (Lipinski definition) is 3. The van der Waals surface area contributed by atoms with Gasteiger partial charge in [0.05, 0.1) is 23.9 Å². The Morgan fingerprint density at radius 2 is 1.67 bits per heavy atom. The first kappa shape index (κ1) is 14.3. The molecule has 1 saturated heterocycles. The minimum Gasteiger partial charge on any atom is -0.375 e. The standard InChI is InChI=1S/C15H29NO2/c1-11-4-6-15(10-16,7-5-11)18-14-8-12(2)17-13(3)9-14/h11-14H,4-10,16H2,1-3H3. The molecule has 0 bridgehead atoms. The third kappa shape index (κ3) is 3.46. The van der Waals surface area contributed by atoms with Gasteiger partial charge in [0, 0.05) is 6.54 Å². The normalized spacial score (nSPS) is 46.0. The molecule has 0 aromatic carbocycles. The fourth-order valence-electron chi connectivity index (χ4n) is 3.45. The molecule has 3 nitrogen and oxygen atoms in total. The average Bonchev–Trinajstić information content (AvgIpc) is 2.31. The van der Waals surface area contributed by atoms with Gasteiger partial charge in [-0.15, -0.1) is 0 Å². The molecule has 2 rings (SSSR count). The van der Waals surface area contributed by atoms with E-state index in [4.69, 9.17) is 15.2 Å². The molecule has 1 heterocycles. The van der Waals surface area contributed by atoms with E-state index in [1.807, 2.05) is 0 Å². The predicted molar refractivity (Wildman–Crippen MR) is 73.5 cm³/mol. The van der Waals surface area contributed by atoms with Crippen molar-refractivity contribution in [2.24, 2.45) is 11.7 Å². The van der Waals surface area contributed by atoms with Gasteiger partial charge in [-0.3, -0.25) is 0 Å². The van der Waals surface area contributed by atoms with Crippen molar-refractivity contribution in [3.05, 3.63) is 0 Å². The fraction of sp³-hybridized carbons (Fsp3) is 1.00. The highest BCUT2D eigenvalue weighted by Gasteiger charge is 2.38. The highest BCUT2D eigenvalue weighted by atomic mass is 16.5. The summed E-state index contributed by atoms with van der Waals surface area (Å²) in [4.78, 5) is 0. The van der Waals surface area contributed by atoms with Crippen molar-refractivity contribution in [1.82, 2.24) is 0 Å². The second-order valence-electron chi connectivity index (χ2n) is 6.54. The summed E-state index contributed by atoms with van der Waals surface area (Å²) in [6.45, 7) is 7.28. The average molecular weight is 255 g/mol. The zero-order valence-electron chi connectivity index (χ0n) is 12.2. The Morgan fingerprint density at radius 3 is 2.17 bits per heavy atom. The van der Waals surface area contributed by atoms with Crippen molar-refractivity contribution < 1.29 is 9.47 Å². The molecule has 18 heavy (non-hydrogen) atoms. The van der Waals surface area contributed by atoms with Crippen LogP contribution in [0.3, 0.4) is 0 Å². The van der Waals surface area contributed by atoms with Crippen molar-refractivity contribution in [2.45, 2.75) is 83.2 Å². The Hall–Kier alpha value is -0.120. The van der Waals surface area contributed by atoms with Crippen LogP contribution in [0.4, 0.5) is 0 Å². The zero-order valence-corrected chi connectivity index (χ0v) is 12.2. The van der Waals surface area contributed by atoms with Crippen molar-refractivity contribution in [3.63, 3.8) is 0 Å². The summed E-state index contributed by atoms with van der Waals surface area (Å²) in [5.74, 6) is 0.834. The van der Waals surface area contributed by atoms with Gasteiger partial charge in [0.25, 0.3) is 0 Å². The molecule has 0 spiro atoms. The lowest BCUT2D eigenvalue weighted by molar-refractivity contribution is -0.166. The lowest BCUT2D eigenvalue weighted by atomic mass is 9.79. The van der Waals surface area contributed by atoms with Crippen LogP contribution in [0.5, 0.6) is 0 Å². The number of rotatable bonds is 3. The van der Waals surface area contributed by atoms with Gasteiger partial charge < -0.3 is 15.2 Å². The summed E-state index contributed by atoms with van der Waals surface area (Å²) in [6, 6.07) is 0. The summed E-state index contributed by atoms with van der Waals surface area (Å²) in [7, 11) is 0. The molecule has 0 amide bonds. The van der Waals surface area contributed by atoms with Crippen LogP contribution in [-0.2, 0) is 9.47 Å². The predicted octanol–water partition coefficient (Wildman–Crippen LogP) is 2.87. The van der Waals surface area contributed by atoms with E-state index in [-0.39, 0.29) is 5.60 Å². The third-order valence-electron chi connectivity index (χ3n) is 4.63. The number of hydrogen-bond donors (Lipinski definition) is 1. The third-order valence-corrected chi connectivity index (χ3v) is 4.63. The first-order chi connectivity index (χ1) is 8.53. The number of nitrogens with two attached hydrogens (primary N) is 1. The van der Waals surface area contributed by atoms with Gasteiger partial charge in [-0.05, 0) is 58.3 Å². The van der Waals surface area contributed by atoms with Gasteiger partial charge in [-0.25, -0.2) is 0 Å². The summed E-state index contributed by atoms with van der Waals surface area (Å²) >= 11 is 0. The molecule has 106 valence electrons. The molecule has 2 fully saturated rings. The second-order valence-corrected chi connectivity index (χ2v) is 6.54. The Bertz CT molecular complexity index is 251. The monoisotopic (exact) mass is 255 g/mol. The van der Waals surface area contributed by atoms with E-state index >= 15 is 0 Å². The lowest BCUT2D eigenvalue weighted by Crippen LogP contribution is -2.48. The maximum Gasteiger partial charge on any atom is 0.0808 e. The molecule has 1 aliphatic carbocycles. The van der Waals surface area contributed by atoms with Crippen molar-refractivity contribution in [2.75, 3.05) is 6.54 Å². The van der Waals surface area contributed by atoms with Crippen LogP contribution in [0.1, 0.15) is 59.3 Å². The van der Waals surface area contributed by atoms with Gasteiger partial charge in [0.2, 0.25) is 0 Å². The summed E-state index contributed by atoms with van der Waals surface area (Å²) in [5.41, 5.74) is 5.97. The second kappa shape index (κ2) is 5.89. The van der Waals surface area contributed by atoms with Crippen molar-refractivity contribution in [3.8, 4) is 0 Å². The molecular formula is C15H29NO2. The van der Waals surface area contributed by atoms with Crippen molar-refractivity contribution >= 4 is 0 Å². The Balaban J connectivity index is 1.93. The maximum atomic E-state index is 6.45. The van der Waals surface area contributed by atoms with Crippen LogP contribution < -0.4 is 5.73 Å². The molecule has 2 aliphatic rings. The highest BCUT2D eigenvalue weighted by molar-refractivity contribution is 4.89. The smallest absolute Gasteiger partial charge is 0.0808 e. The van der Waals surface area contributed by atoms with Crippen molar-refractivity contribution in [1.29, 1.82) is 0 Å². The maximum absolute atomic E-state index is 6.45. The van der Waals surface area contributed by atoms with E-state index in [0.717, 1.165) is 31.6 Å². The summed E-state index contributed by atoms with van der Waals surface area (Å²) in [6.07, 6.45) is 7.77.